The third-order valence-electron chi connectivity index (χ3n) is 7.55. The van der Waals surface area contributed by atoms with Crippen molar-refractivity contribution in [2.45, 2.75) is 51.1 Å². The van der Waals surface area contributed by atoms with Gasteiger partial charge < -0.3 is 10.2 Å². The van der Waals surface area contributed by atoms with E-state index in [1.165, 1.54) is 41.3 Å². The monoisotopic (exact) mass is 649 g/mol. The van der Waals surface area contributed by atoms with Gasteiger partial charge in [0.2, 0.25) is 11.8 Å². The Morgan fingerprint density at radius 1 is 0.867 bits per heavy atom. The summed E-state index contributed by atoms with van der Waals surface area (Å²) in [5.74, 6) is -1.40. The minimum absolute atomic E-state index is 0.0375. The molecule has 0 spiro atoms. The van der Waals surface area contributed by atoms with Crippen LogP contribution in [0, 0.1) is 19.7 Å². The highest BCUT2D eigenvalue weighted by Gasteiger charge is 2.34. The third-order valence-corrected chi connectivity index (χ3v) is 9.59. The maximum Gasteiger partial charge on any atom is 0.264 e. The molecular formula is C35H37ClFN3O4S. The van der Waals surface area contributed by atoms with Crippen molar-refractivity contribution in [1.29, 1.82) is 0 Å². The van der Waals surface area contributed by atoms with Gasteiger partial charge in [0.1, 0.15) is 18.4 Å². The van der Waals surface area contributed by atoms with Gasteiger partial charge in [-0.2, -0.15) is 0 Å². The zero-order valence-electron chi connectivity index (χ0n) is 25.5. The van der Waals surface area contributed by atoms with Gasteiger partial charge in [-0.15, -0.1) is 0 Å². The molecule has 0 saturated carbocycles. The van der Waals surface area contributed by atoms with Crippen molar-refractivity contribution >= 4 is 39.1 Å². The molecule has 0 radical (unpaired) electrons. The molecule has 2 amide bonds. The van der Waals surface area contributed by atoms with Crippen molar-refractivity contribution in [2.75, 3.05) is 17.4 Å². The average molecular weight is 650 g/mol. The Balaban J connectivity index is 1.81. The summed E-state index contributed by atoms with van der Waals surface area (Å²) in [6, 6.07) is 24.9. The molecule has 4 aromatic carbocycles. The number of sulfonamides is 1. The third kappa shape index (κ3) is 8.71. The molecule has 0 aliphatic rings. The summed E-state index contributed by atoms with van der Waals surface area (Å²) in [4.78, 5) is 29.5. The molecule has 1 atom stereocenters. The first-order valence-electron chi connectivity index (χ1n) is 14.7. The van der Waals surface area contributed by atoms with E-state index in [1.807, 2.05) is 51.1 Å². The van der Waals surface area contributed by atoms with E-state index in [0.717, 1.165) is 21.0 Å². The Hall–Kier alpha value is -4.21. The fraction of sp³-hybridized carbons (Fsp3) is 0.257. The smallest absolute Gasteiger partial charge is 0.264 e. The Kier molecular flexibility index (Phi) is 11.4. The van der Waals surface area contributed by atoms with Crippen LogP contribution in [0.4, 0.5) is 10.1 Å². The molecule has 4 rings (SSSR count). The lowest BCUT2D eigenvalue weighted by Crippen LogP contribution is -2.53. The summed E-state index contributed by atoms with van der Waals surface area (Å²) in [6.07, 6.45) is 0.881. The number of hydrogen-bond acceptors (Lipinski definition) is 4. The number of rotatable bonds is 13. The summed E-state index contributed by atoms with van der Waals surface area (Å²) in [5, 5.41) is 3.28. The lowest BCUT2D eigenvalue weighted by Gasteiger charge is -2.34. The van der Waals surface area contributed by atoms with Gasteiger partial charge in [0.25, 0.3) is 10.0 Å². The molecule has 10 heteroatoms. The fourth-order valence-electron chi connectivity index (χ4n) is 4.85. The van der Waals surface area contributed by atoms with E-state index < -0.39 is 34.3 Å². The number of halogens is 2. The van der Waals surface area contributed by atoms with Crippen molar-refractivity contribution in [3.63, 3.8) is 0 Å². The number of nitrogens with one attached hydrogen (secondary N) is 1. The second kappa shape index (κ2) is 15.2. The van der Waals surface area contributed by atoms with E-state index in [1.54, 1.807) is 30.3 Å². The van der Waals surface area contributed by atoms with Crippen molar-refractivity contribution in [2.24, 2.45) is 0 Å². The second-order valence-corrected chi connectivity index (χ2v) is 13.2. The maximum absolute atomic E-state index is 14.4. The van der Waals surface area contributed by atoms with Crippen molar-refractivity contribution in [3.05, 3.63) is 130 Å². The van der Waals surface area contributed by atoms with Crippen molar-refractivity contribution in [3.8, 4) is 0 Å². The standard InChI is InChI=1S/C35H37ClFN3O4S/c1-4-20-38-35(42)33(22-27-8-6-5-7-9-27)39(23-28-11-15-30(37)16-12-28)34(41)24-40(31-17-10-25(2)26(3)21-31)45(43,44)32-18-13-29(36)14-19-32/h5-19,21,33H,4,20,22-24H2,1-3H3,(H,38,42)/t33-/m0/s1. The number of benzene rings is 4. The van der Waals surface area contributed by atoms with Crippen LogP contribution in [-0.4, -0.2) is 44.3 Å². The lowest BCUT2D eigenvalue weighted by molar-refractivity contribution is -0.140. The van der Waals surface area contributed by atoms with Crippen LogP contribution in [0.5, 0.6) is 0 Å². The lowest BCUT2D eigenvalue weighted by atomic mass is 10.0. The van der Waals surface area contributed by atoms with Crippen LogP contribution in [0.2, 0.25) is 5.02 Å². The van der Waals surface area contributed by atoms with Gasteiger partial charge in [0.15, 0.2) is 0 Å². The second-order valence-electron chi connectivity index (χ2n) is 10.9. The molecule has 0 aliphatic carbocycles. The molecule has 0 heterocycles. The highest BCUT2D eigenvalue weighted by atomic mass is 35.5. The molecule has 1 N–H and O–H groups in total. The van der Waals surface area contributed by atoms with E-state index in [4.69, 9.17) is 11.6 Å². The number of aryl methyl sites for hydroxylation is 2. The molecule has 0 aromatic heterocycles. The van der Waals surface area contributed by atoms with Gasteiger partial charge in [-0.25, -0.2) is 12.8 Å². The summed E-state index contributed by atoms with van der Waals surface area (Å²) >= 11 is 6.05. The van der Waals surface area contributed by atoms with E-state index >= 15 is 0 Å². The first-order chi connectivity index (χ1) is 21.5. The van der Waals surface area contributed by atoms with E-state index in [-0.39, 0.29) is 23.8 Å². The first kappa shape index (κ1) is 33.7. The van der Waals surface area contributed by atoms with Gasteiger partial charge in [-0.05, 0) is 91.1 Å². The van der Waals surface area contributed by atoms with Gasteiger partial charge in [0, 0.05) is 24.5 Å². The summed E-state index contributed by atoms with van der Waals surface area (Å²) in [7, 11) is -4.25. The van der Waals surface area contributed by atoms with Crippen molar-refractivity contribution in [1.82, 2.24) is 10.2 Å². The average Bonchev–Trinajstić information content (AvgIpc) is 3.03. The quantitative estimate of drug-likeness (QED) is 0.180. The first-order valence-corrected chi connectivity index (χ1v) is 16.5. The minimum Gasteiger partial charge on any atom is -0.354 e. The predicted molar refractivity (Wildman–Crippen MR) is 176 cm³/mol. The summed E-state index contributed by atoms with van der Waals surface area (Å²) < 4.78 is 43.1. The largest absolute Gasteiger partial charge is 0.354 e. The highest BCUT2D eigenvalue weighted by molar-refractivity contribution is 7.92. The Morgan fingerprint density at radius 2 is 1.53 bits per heavy atom. The zero-order valence-corrected chi connectivity index (χ0v) is 27.1. The Labute approximate surface area is 269 Å². The maximum atomic E-state index is 14.4. The molecule has 0 unspecified atom stereocenters. The molecule has 0 fully saturated rings. The zero-order chi connectivity index (χ0) is 32.6. The van der Waals surface area contributed by atoms with Crippen LogP contribution in [-0.2, 0) is 32.6 Å². The van der Waals surface area contributed by atoms with E-state index in [2.05, 4.69) is 5.32 Å². The number of carbonyl (C=O) groups is 2. The van der Waals surface area contributed by atoms with Gasteiger partial charge in [-0.3, -0.25) is 13.9 Å². The van der Waals surface area contributed by atoms with Gasteiger partial charge >= 0.3 is 0 Å². The number of nitrogens with zero attached hydrogens (tertiary/aromatic N) is 2. The molecule has 236 valence electrons. The van der Waals surface area contributed by atoms with Crippen LogP contribution in [0.15, 0.2) is 102 Å². The van der Waals surface area contributed by atoms with E-state index in [9.17, 15) is 22.4 Å². The topological polar surface area (TPSA) is 86.8 Å². The van der Waals surface area contributed by atoms with Crippen LogP contribution < -0.4 is 9.62 Å². The van der Waals surface area contributed by atoms with Crippen LogP contribution >= 0.6 is 11.6 Å². The Bertz CT molecular complexity index is 1720. The molecule has 45 heavy (non-hydrogen) atoms. The SMILES string of the molecule is CCCNC(=O)[C@H](Cc1ccccc1)N(Cc1ccc(F)cc1)C(=O)CN(c1ccc(C)c(C)c1)S(=O)(=O)c1ccc(Cl)cc1. The Morgan fingerprint density at radius 3 is 2.16 bits per heavy atom. The van der Waals surface area contributed by atoms with Crippen LogP contribution in [0.3, 0.4) is 0 Å². The van der Waals surface area contributed by atoms with Crippen LogP contribution in [0.1, 0.15) is 35.6 Å². The van der Waals surface area contributed by atoms with E-state index in [0.29, 0.717) is 29.2 Å². The van der Waals surface area contributed by atoms with Crippen LogP contribution in [0.25, 0.3) is 0 Å². The summed E-state index contributed by atoms with van der Waals surface area (Å²) in [5.41, 5.74) is 3.52. The minimum atomic E-state index is -4.25. The summed E-state index contributed by atoms with van der Waals surface area (Å²) in [6.45, 7) is 5.48. The number of amides is 2. The highest BCUT2D eigenvalue weighted by Crippen LogP contribution is 2.27. The number of carbonyl (C=O) groups excluding carboxylic acids is 2. The molecule has 0 aliphatic heterocycles. The molecule has 4 aromatic rings. The normalized spacial score (nSPS) is 11.9. The van der Waals surface area contributed by atoms with Gasteiger partial charge in [-0.1, -0.05) is 67.1 Å². The predicted octanol–water partition coefficient (Wildman–Crippen LogP) is 6.46. The van der Waals surface area contributed by atoms with Crippen molar-refractivity contribution < 1.29 is 22.4 Å². The van der Waals surface area contributed by atoms with Gasteiger partial charge in [0.05, 0.1) is 10.6 Å². The fourth-order valence-corrected chi connectivity index (χ4v) is 6.38. The molecule has 7 nitrogen and oxygen atoms in total. The molecule has 0 bridgehead atoms. The molecular weight excluding hydrogens is 613 g/mol. The molecule has 0 saturated heterocycles. The number of anilines is 1. The number of hydrogen-bond donors (Lipinski definition) is 1.